The number of unbranched alkanes of at least 4 members (excludes halogenated alkanes) is 4. The van der Waals surface area contributed by atoms with Crippen LogP contribution in [-0.2, 0) is 11.4 Å². The van der Waals surface area contributed by atoms with Gasteiger partial charge in [0.2, 0.25) is 5.91 Å². The summed E-state index contributed by atoms with van der Waals surface area (Å²) < 4.78 is 0. The highest BCUT2D eigenvalue weighted by Gasteiger charge is 2.04. The first-order valence-corrected chi connectivity index (χ1v) is 8.14. The molecule has 0 bridgehead atoms. The van der Waals surface area contributed by atoms with Crippen LogP contribution in [-0.4, -0.2) is 24.1 Å². The lowest BCUT2D eigenvalue weighted by Crippen LogP contribution is -2.16. The molecule has 5 nitrogen and oxygen atoms in total. The molecule has 126 valence electrons. The first-order valence-electron chi connectivity index (χ1n) is 8.14. The number of nitrogens with two attached hydrogens (primary N) is 2. The lowest BCUT2D eigenvalue weighted by atomic mass is 10.1. The molecule has 0 aliphatic carbocycles. The monoisotopic (exact) mass is 317 g/mol. The van der Waals surface area contributed by atoms with E-state index in [4.69, 9.17) is 11.5 Å². The zero-order chi connectivity index (χ0) is 16.9. The van der Waals surface area contributed by atoms with Gasteiger partial charge in [0.25, 0.3) is 0 Å². The summed E-state index contributed by atoms with van der Waals surface area (Å²) in [5.74, 6) is 6.10. The second-order valence-electron chi connectivity index (χ2n) is 5.37. The van der Waals surface area contributed by atoms with E-state index < -0.39 is 0 Å². The number of amides is 1. The van der Waals surface area contributed by atoms with Gasteiger partial charge in [-0.3, -0.25) is 4.79 Å². The minimum atomic E-state index is -0.132. The number of aliphatic hydroxyl groups excluding tert-OH is 1. The maximum absolute atomic E-state index is 11.5. The van der Waals surface area contributed by atoms with E-state index >= 15 is 0 Å². The number of carbonyl (C=O) groups is 1. The van der Waals surface area contributed by atoms with Crippen molar-refractivity contribution in [2.75, 3.05) is 18.4 Å². The molecule has 1 rings (SSSR count). The molecule has 0 aromatic heterocycles. The van der Waals surface area contributed by atoms with Gasteiger partial charge >= 0.3 is 0 Å². The molecule has 1 amide bonds. The van der Waals surface area contributed by atoms with E-state index in [0.717, 1.165) is 44.2 Å². The van der Waals surface area contributed by atoms with Crippen molar-refractivity contribution in [2.24, 2.45) is 11.5 Å². The molecule has 0 radical (unpaired) electrons. The van der Waals surface area contributed by atoms with E-state index in [1.807, 2.05) is 6.07 Å². The fourth-order valence-electron chi connectivity index (χ4n) is 2.15. The fourth-order valence-corrected chi connectivity index (χ4v) is 2.15. The number of carbonyl (C=O) groups excluding carboxylic acids is 1. The van der Waals surface area contributed by atoms with Crippen LogP contribution >= 0.6 is 0 Å². The number of benzene rings is 1. The van der Waals surface area contributed by atoms with Crippen molar-refractivity contribution < 1.29 is 9.90 Å². The Kier molecular flexibility index (Phi) is 9.73. The van der Waals surface area contributed by atoms with Crippen LogP contribution in [0.25, 0.3) is 0 Å². The summed E-state index contributed by atoms with van der Waals surface area (Å²) in [7, 11) is 0. The van der Waals surface area contributed by atoms with Crippen LogP contribution in [0.1, 0.15) is 49.7 Å². The Hall–Kier alpha value is -1.87. The largest absolute Gasteiger partial charge is 0.392 e. The molecule has 23 heavy (non-hydrogen) atoms. The Labute approximate surface area is 138 Å². The average molecular weight is 317 g/mol. The van der Waals surface area contributed by atoms with Crippen LogP contribution in [0.5, 0.6) is 0 Å². The summed E-state index contributed by atoms with van der Waals surface area (Å²) >= 11 is 0. The minimum Gasteiger partial charge on any atom is -0.392 e. The van der Waals surface area contributed by atoms with Crippen LogP contribution in [0, 0.1) is 11.8 Å². The number of anilines is 1. The highest BCUT2D eigenvalue weighted by molar-refractivity contribution is 5.91. The van der Waals surface area contributed by atoms with Gasteiger partial charge < -0.3 is 21.9 Å². The minimum absolute atomic E-state index is 0.110. The summed E-state index contributed by atoms with van der Waals surface area (Å²) in [4.78, 5) is 11.5. The van der Waals surface area contributed by atoms with Crippen LogP contribution in [0.2, 0.25) is 0 Å². The van der Waals surface area contributed by atoms with Crippen molar-refractivity contribution in [3.63, 3.8) is 0 Å². The van der Waals surface area contributed by atoms with Crippen molar-refractivity contribution in [3.8, 4) is 11.8 Å². The van der Waals surface area contributed by atoms with Crippen LogP contribution in [0.3, 0.4) is 0 Å². The molecule has 0 spiro atoms. The van der Waals surface area contributed by atoms with Crippen LogP contribution in [0.4, 0.5) is 5.69 Å². The third kappa shape index (κ3) is 7.80. The Bertz CT molecular complexity index is 547. The smallest absolute Gasteiger partial charge is 0.225 e. The first-order chi connectivity index (χ1) is 11.2. The quantitative estimate of drug-likeness (QED) is 0.411. The zero-order valence-corrected chi connectivity index (χ0v) is 13.6. The topological polar surface area (TPSA) is 101 Å². The molecule has 0 unspecified atom stereocenters. The summed E-state index contributed by atoms with van der Waals surface area (Å²) in [6.45, 7) is 0.953. The van der Waals surface area contributed by atoms with Gasteiger partial charge in [-0.1, -0.05) is 24.7 Å². The van der Waals surface area contributed by atoms with Crippen LogP contribution in [0.15, 0.2) is 18.2 Å². The molecule has 0 heterocycles. The van der Waals surface area contributed by atoms with Gasteiger partial charge in [0, 0.05) is 30.6 Å². The molecule has 5 heteroatoms. The van der Waals surface area contributed by atoms with Gasteiger partial charge in [-0.15, -0.1) is 0 Å². The van der Waals surface area contributed by atoms with E-state index in [9.17, 15) is 9.90 Å². The molecule has 0 saturated heterocycles. The first kappa shape index (κ1) is 19.2. The fraction of sp³-hybridized carbons (Fsp3) is 0.500. The second kappa shape index (κ2) is 11.7. The summed E-state index contributed by atoms with van der Waals surface area (Å²) in [6, 6.07) is 5.36. The number of rotatable bonds is 9. The SMILES string of the molecule is NCCCCCCC#Cc1ccc(NC(=O)CCN)cc1CO. The third-order valence-electron chi connectivity index (χ3n) is 3.41. The number of hydrogen-bond donors (Lipinski definition) is 4. The van der Waals surface area contributed by atoms with Crippen molar-refractivity contribution in [2.45, 2.75) is 45.1 Å². The van der Waals surface area contributed by atoms with Gasteiger partial charge in [-0.05, 0) is 43.1 Å². The number of hydrogen-bond acceptors (Lipinski definition) is 4. The highest BCUT2D eigenvalue weighted by atomic mass is 16.3. The van der Waals surface area contributed by atoms with E-state index in [1.54, 1.807) is 12.1 Å². The van der Waals surface area contributed by atoms with Crippen molar-refractivity contribution >= 4 is 11.6 Å². The summed E-state index contributed by atoms with van der Waals surface area (Å²) in [6.07, 6.45) is 5.54. The molecule has 0 aliphatic rings. The summed E-state index contributed by atoms with van der Waals surface area (Å²) in [5, 5.41) is 12.2. The van der Waals surface area contributed by atoms with Gasteiger partial charge in [-0.25, -0.2) is 0 Å². The molecule has 0 atom stereocenters. The third-order valence-corrected chi connectivity index (χ3v) is 3.41. The lowest BCUT2D eigenvalue weighted by molar-refractivity contribution is -0.116. The van der Waals surface area contributed by atoms with Gasteiger partial charge in [0.05, 0.1) is 6.61 Å². The highest BCUT2D eigenvalue weighted by Crippen LogP contribution is 2.16. The van der Waals surface area contributed by atoms with E-state index in [0.29, 0.717) is 17.8 Å². The van der Waals surface area contributed by atoms with E-state index in [1.165, 1.54) is 0 Å². The normalized spacial score (nSPS) is 10.0. The Morgan fingerprint density at radius 1 is 1.13 bits per heavy atom. The molecule has 0 saturated carbocycles. The molecule has 0 fully saturated rings. The molecular weight excluding hydrogens is 290 g/mol. The number of aliphatic hydroxyl groups is 1. The Morgan fingerprint density at radius 3 is 2.61 bits per heavy atom. The van der Waals surface area contributed by atoms with Crippen molar-refractivity contribution in [3.05, 3.63) is 29.3 Å². The van der Waals surface area contributed by atoms with Crippen molar-refractivity contribution in [1.29, 1.82) is 0 Å². The lowest BCUT2D eigenvalue weighted by Gasteiger charge is -2.07. The predicted octanol–water partition coefficient (Wildman–Crippen LogP) is 1.73. The van der Waals surface area contributed by atoms with Gasteiger partial charge in [0.15, 0.2) is 0 Å². The van der Waals surface area contributed by atoms with Crippen LogP contribution < -0.4 is 16.8 Å². The Balaban J connectivity index is 2.57. The molecule has 0 aliphatic heterocycles. The molecule has 1 aromatic rings. The average Bonchev–Trinajstić information content (AvgIpc) is 2.55. The molecular formula is C18H27N3O2. The number of nitrogens with one attached hydrogen (secondary N) is 1. The van der Waals surface area contributed by atoms with E-state index in [2.05, 4.69) is 17.2 Å². The maximum Gasteiger partial charge on any atom is 0.225 e. The zero-order valence-electron chi connectivity index (χ0n) is 13.6. The summed E-state index contributed by atoms with van der Waals surface area (Å²) in [5.41, 5.74) is 13.0. The Morgan fingerprint density at radius 2 is 1.91 bits per heavy atom. The predicted molar refractivity (Wildman–Crippen MR) is 93.7 cm³/mol. The molecule has 1 aromatic carbocycles. The standard InChI is InChI=1S/C18H27N3O2/c19-11-6-4-2-1-3-5-7-15-8-9-17(13-16(15)14-22)21-18(23)10-12-20/h8-9,13,22H,1-4,6,10-12,14,19-20H2,(H,21,23). The van der Waals surface area contributed by atoms with Crippen molar-refractivity contribution in [1.82, 2.24) is 0 Å². The van der Waals surface area contributed by atoms with Gasteiger partial charge in [0.1, 0.15) is 0 Å². The van der Waals surface area contributed by atoms with Gasteiger partial charge in [-0.2, -0.15) is 0 Å². The second-order valence-corrected chi connectivity index (χ2v) is 5.37. The van der Waals surface area contributed by atoms with E-state index in [-0.39, 0.29) is 18.9 Å². The molecule has 6 N–H and O–H groups in total. The maximum atomic E-state index is 11.5.